The number of sulfonamides is 1. The van der Waals surface area contributed by atoms with Crippen molar-refractivity contribution in [1.82, 2.24) is 19.6 Å². The van der Waals surface area contributed by atoms with E-state index in [1.807, 2.05) is 0 Å². The van der Waals surface area contributed by atoms with Gasteiger partial charge in [0.05, 0.1) is 11.9 Å². The maximum Gasteiger partial charge on any atom is 0.211 e. The van der Waals surface area contributed by atoms with Crippen LogP contribution < -0.4 is 10.6 Å². The van der Waals surface area contributed by atoms with Gasteiger partial charge >= 0.3 is 0 Å². The predicted octanol–water partition coefficient (Wildman–Crippen LogP) is 2.20. The second kappa shape index (κ2) is 7.15. The topological polar surface area (TPSA) is 87.2 Å². The van der Waals surface area contributed by atoms with Crippen LogP contribution in [0.2, 0.25) is 0 Å². The summed E-state index contributed by atoms with van der Waals surface area (Å²) in [5.41, 5.74) is 2.24. The van der Waals surface area contributed by atoms with Crippen LogP contribution in [0.25, 0.3) is 0 Å². The molecule has 138 valence electrons. The average Bonchev–Trinajstić information content (AvgIpc) is 2.64. The number of piperidine rings is 1. The van der Waals surface area contributed by atoms with Crippen molar-refractivity contribution in [2.45, 2.75) is 35.3 Å². The molecule has 2 N–H and O–H groups in total. The van der Waals surface area contributed by atoms with Crippen LogP contribution in [-0.4, -0.2) is 48.1 Å². The van der Waals surface area contributed by atoms with Crippen LogP contribution in [0.5, 0.6) is 0 Å². The zero-order valence-electron chi connectivity index (χ0n) is 14.5. The number of nitrogens with zero attached hydrogens (tertiary/aromatic N) is 3. The Kier molecular flexibility index (Phi) is 4.87. The van der Waals surface area contributed by atoms with E-state index >= 15 is 0 Å². The molecule has 4 rings (SSSR count). The number of nitrogens with one attached hydrogen (secondary N) is 2. The molecule has 0 aliphatic carbocycles. The van der Waals surface area contributed by atoms with Crippen molar-refractivity contribution in [1.29, 1.82) is 0 Å². The van der Waals surface area contributed by atoms with Gasteiger partial charge in [-0.2, -0.15) is 0 Å². The summed E-state index contributed by atoms with van der Waals surface area (Å²) in [7, 11) is -3.07. The predicted molar refractivity (Wildman–Crippen MR) is 102 cm³/mol. The molecule has 1 aromatic heterocycles. The molecule has 0 bridgehead atoms. The van der Waals surface area contributed by atoms with Crippen LogP contribution in [0.4, 0.5) is 11.5 Å². The Morgan fingerprint density at radius 1 is 1.27 bits per heavy atom. The van der Waals surface area contributed by atoms with E-state index in [1.54, 1.807) is 28.5 Å². The Bertz CT molecular complexity index is 911. The average molecular weight is 392 g/mol. The Morgan fingerprint density at radius 2 is 2.04 bits per heavy atom. The highest BCUT2D eigenvalue weighted by molar-refractivity contribution is 7.99. The lowest BCUT2D eigenvalue weighted by Gasteiger charge is -2.30. The Hall–Kier alpha value is -1.68. The fourth-order valence-corrected chi connectivity index (χ4v) is 5.00. The third kappa shape index (κ3) is 3.85. The lowest BCUT2D eigenvalue weighted by Crippen LogP contribution is -2.44. The molecule has 26 heavy (non-hydrogen) atoms. The maximum absolute atomic E-state index is 11.6. The van der Waals surface area contributed by atoms with Crippen molar-refractivity contribution in [2.24, 2.45) is 0 Å². The van der Waals surface area contributed by atoms with Gasteiger partial charge < -0.3 is 10.6 Å². The quantitative estimate of drug-likeness (QED) is 0.705. The van der Waals surface area contributed by atoms with Gasteiger partial charge in [-0.15, -0.1) is 0 Å². The summed E-state index contributed by atoms with van der Waals surface area (Å²) in [5, 5.41) is 7.79. The van der Waals surface area contributed by atoms with E-state index in [9.17, 15) is 8.42 Å². The highest BCUT2D eigenvalue weighted by Crippen LogP contribution is 2.41. The third-order valence-electron chi connectivity index (χ3n) is 4.69. The first kappa shape index (κ1) is 17.7. The molecule has 1 fully saturated rings. The van der Waals surface area contributed by atoms with Gasteiger partial charge in [0.15, 0.2) is 5.82 Å². The van der Waals surface area contributed by atoms with E-state index in [0.29, 0.717) is 19.1 Å². The molecule has 2 aromatic rings. The van der Waals surface area contributed by atoms with E-state index in [4.69, 9.17) is 0 Å². The summed E-state index contributed by atoms with van der Waals surface area (Å²) in [6.45, 7) is 1.94. The smallest absolute Gasteiger partial charge is 0.211 e. The van der Waals surface area contributed by atoms with Crippen LogP contribution in [0.1, 0.15) is 18.4 Å². The highest BCUT2D eigenvalue weighted by Gasteiger charge is 2.24. The summed E-state index contributed by atoms with van der Waals surface area (Å²) >= 11 is 1.62. The zero-order valence-corrected chi connectivity index (χ0v) is 16.1. The number of fused-ring (bicyclic) bond motifs is 2. The first-order valence-electron chi connectivity index (χ1n) is 8.56. The van der Waals surface area contributed by atoms with Crippen molar-refractivity contribution in [3.8, 4) is 0 Å². The van der Waals surface area contributed by atoms with Gasteiger partial charge in [-0.3, -0.25) is 0 Å². The van der Waals surface area contributed by atoms with Crippen molar-refractivity contribution in [3.05, 3.63) is 36.2 Å². The molecular weight excluding hydrogens is 370 g/mol. The molecule has 0 amide bonds. The number of hydrogen-bond donors (Lipinski definition) is 2. The SMILES string of the molecule is CS(=O)(=O)N1CCC(NCc2ccc3c(c2)Nc2nccnc2S3)CC1. The van der Waals surface area contributed by atoms with Gasteiger partial charge in [-0.05, 0) is 30.5 Å². The molecule has 9 heteroatoms. The minimum atomic E-state index is -3.07. The monoisotopic (exact) mass is 391 g/mol. The number of hydrogen-bond acceptors (Lipinski definition) is 7. The molecule has 2 aliphatic heterocycles. The third-order valence-corrected chi connectivity index (χ3v) is 7.06. The van der Waals surface area contributed by atoms with E-state index in [-0.39, 0.29) is 0 Å². The summed E-state index contributed by atoms with van der Waals surface area (Å²) in [6.07, 6.45) is 6.35. The molecule has 0 atom stereocenters. The Labute approximate surface area is 157 Å². The van der Waals surface area contributed by atoms with Gasteiger partial charge in [-0.1, -0.05) is 17.8 Å². The summed E-state index contributed by atoms with van der Waals surface area (Å²) in [6, 6.07) is 6.71. The van der Waals surface area contributed by atoms with Crippen molar-refractivity contribution in [2.75, 3.05) is 24.7 Å². The largest absolute Gasteiger partial charge is 0.337 e. The highest BCUT2D eigenvalue weighted by atomic mass is 32.2. The molecule has 0 saturated carbocycles. The first-order chi connectivity index (χ1) is 12.5. The van der Waals surface area contributed by atoms with E-state index < -0.39 is 10.0 Å². The lowest BCUT2D eigenvalue weighted by molar-refractivity contribution is 0.290. The van der Waals surface area contributed by atoms with Gasteiger partial charge in [0.25, 0.3) is 0 Å². The van der Waals surface area contributed by atoms with Gasteiger partial charge in [-0.25, -0.2) is 22.7 Å². The Morgan fingerprint density at radius 3 is 2.81 bits per heavy atom. The number of aromatic nitrogens is 2. The maximum atomic E-state index is 11.6. The van der Waals surface area contributed by atoms with E-state index in [2.05, 4.69) is 38.8 Å². The van der Waals surface area contributed by atoms with Crippen LogP contribution in [0, 0.1) is 0 Å². The van der Waals surface area contributed by atoms with Crippen molar-refractivity contribution in [3.63, 3.8) is 0 Å². The van der Waals surface area contributed by atoms with Gasteiger partial charge in [0.2, 0.25) is 10.0 Å². The lowest BCUT2D eigenvalue weighted by atomic mass is 10.1. The minimum absolute atomic E-state index is 0.345. The summed E-state index contributed by atoms with van der Waals surface area (Å²) in [4.78, 5) is 9.81. The van der Waals surface area contributed by atoms with Crippen molar-refractivity contribution < 1.29 is 8.42 Å². The second-order valence-corrected chi connectivity index (χ2v) is 9.60. The van der Waals surface area contributed by atoms with Crippen LogP contribution >= 0.6 is 11.8 Å². The molecule has 0 radical (unpaired) electrons. The fourth-order valence-electron chi connectivity index (χ4n) is 3.24. The van der Waals surface area contributed by atoms with E-state index in [1.165, 1.54) is 11.8 Å². The van der Waals surface area contributed by atoms with E-state index in [0.717, 1.165) is 40.8 Å². The molecular formula is C17H21N5O2S2. The van der Waals surface area contributed by atoms with Crippen LogP contribution in [-0.2, 0) is 16.6 Å². The molecule has 7 nitrogen and oxygen atoms in total. The summed E-state index contributed by atoms with van der Waals surface area (Å²) < 4.78 is 24.7. The van der Waals surface area contributed by atoms with Crippen molar-refractivity contribution >= 4 is 33.3 Å². The normalized spacial score (nSPS) is 18.0. The van der Waals surface area contributed by atoms with Crippen LogP contribution in [0.15, 0.2) is 40.5 Å². The molecule has 3 heterocycles. The fraction of sp³-hybridized carbons (Fsp3) is 0.412. The second-order valence-electron chi connectivity index (χ2n) is 6.58. The zero-order chi connectivity index (χ0) is 18.1. The first-order valence-corrected chi connectivity index (χ1v) is 11.2. The molecule has 0 unspecified atom stereocenters. The minimum Gasteiger partial charge on any atom is -0.337 e. The van der Waals surface area contributed by atoms with Gasteiger partial charge in [0.1, 0.15) is 5.03 Å². The Balaban J connectivity index is 1.36. The standard InChI is InChI=1S/C17H21N5O2S2/c1-26(23,24)22-8-4-13(5-9-22)20-11-12-2-3-15-14(10-12)21-16-17(25-15)19-7-6-18-16/h2-3,6-7,10,13,20H,4-5,8-9,11H2,1H3,(H,18,21). The van der Waals surface area contributed by atoms with Crippen LogP contribution in [0.3, 0.4) is 0 Å². The number of benzene rings is 1. The molecule has 0 spiro atoms. The van der Waals surface area contributed by atoms with Gasteiger partial charge in [0, 0.05) is 43.0 Å². The molecule has 1 saturated heterocycles. The number of rotatable bonds is 4. The molecule has 1 aromatic carbocycles. The number of anilines is 2. The molecule has 2 aliphatic rings. The summed E-state index contributed by atoms with van der Waals surface area (Å²) in [5.74, 6) is 0.795.